The van der Waals surface area contributed by atoms with E-state index < -0.39 is 10.2 Å². The first kappa shape index (κ1) is 15.9. The van der Waals surface area contributed by atoms with Crippen LogP contribution in [0, 0.1) is 0 Å². The monoisotopic (exact) mass is 278 g/mol. The lowest BCUT2D eigenvalue weighted by Crippen LogP contribution is -2.45. The molecule has 1 rings (SSSR count). The molecule has 108 valence electrons. The summed E-state index contributed by atoms with van der Waals surface area (Å²) in [5.41, 5.74) is 0. The van der Waals surface area contributed by atoms with Crippen molar-refractivity contribution in [2.45, 2.75) is 64.0 Å². The first-order chi connectivity index (χ1) is 8.43. The van der Waals surface area contributed by atoms with Crippen LogP contribution in [0.2, 0.25) is 0 Å². The molecule has 0 aromatic rings. The summed E-state index contributed by atoms with van der Waals surface area (Å²) < 4.78 is 28.1. The summed E-state index contributed by atoms with van der Waals surface area (Å²) in [5.74, 6) is 0. The molecular formula is C12H26N2O3S. The zero-order chi connectivity index (χ0) is 13.6. The molecule has 0 radical (unpaired) electrons. The Morgan fingerprint density at radius 3 is 2.50 bits per heavy atom. The first-order valence-corrected chi connectivity index (χ1v) is 8.28. The lowest BCUT2D eigenvalue weighted by Gasteiger charge is -2.30. The molecule has 18 heavy (non-hydrogen) atoms. The van der Waals surface area contributed by atoms with Crippen molar-refractivity contribution in [3.63, 3.8) is 0 Å². The summed E-state index contributed by atoms with van der Waals surface area (Å²) in [6.07, 6.45) is 6.29. The van der Waals surface area contributed by atoms with E-state index in [1.807, 2.05) is 0 Å². The molecular weight excluding hydrogens is 252 g/mol. The molecule has 1 fully saturated rings. The van der Waals surface area contributed by atoms with Crippen LogP contribution in [0.5, 0.6) is 0 Å². The van der Waals surface area contributed by atoms with Crippen LogP contribution in [0.1, 0.15) is 51.9 Å². The Morgan fingerprint density at radius 1 is 1.33 bits per heavy atom. The normalized spacial score (nSPS) is 20.2. The zero-order valence-electron chi connectivity index (χ0n) is 11.4. The Hall–Kier alpha value is -0.170. The van der Waals surface area contributed by atoms with E-state index in [1.54, 1.807) is 14.0 Å². The van der Waals surface area contributed by atoms with E-state index in [4.69, 9.17) is 5.11 Å². The molecule has 6 heteroatoms. The summed E-state index contributed by atoms with van der Waals surface area (Å²) in [5, 5.41) is 9.11. The van der Waals surface area contributed by atoms with Gasteiger partial charge < -0.3 is 5.11 Å². The molecule has 0 amide bonds. The van der Waals surface area contributed by atoms with Gasteiger partial charge in [0, 0.05) is 19.6 Å². The lowest BCUT2D eigenvalue weighted by atomic mass is 9.96. The predicted octanol–water partition coefficient (Wildman–Crippen LogP) is 1.25. The van der Waals surface area contributed by atoms with E-state index >= 15 is 0 Å². The Kier molecular flexibility index (Phi) is 6.55. The molecule has 0 spiro atoms. The molecule has 1 saturated carbocycles. The maximum atomic E-state index is 12.0. The molecule has 1 atom stereocenters. The average Bonchev–Trinajstić information content (AvgIpc) is 2.34. The van der Waals surface area contributed by atoms with Gasteiger partial charge in [-0.05, 0) is 32.6 Å². The summed E-state index contributed by atoms with van der Waals surface area (Å²) in [4.78, 5) is 0. The molecule has 1 aliphatic rings. The van der Waals surface area contributed by atoms with E-state index in [-0.39, 0.29) is 12.1 Å². The van der Waals surface area contributed by atoms with Crippen molar-refractivity contribution in [1.29, 1.82) is 0 Å². The Balaban J connectivity index is 2.36. The third-order valence-electron chi connectivity index (χ3n) is 3.55. The highest BCUT2D eigenvalue weighted by Gasteiger charge is 2.26. The maximum absolute atomic E-state index is 12.0. The van der Waals surface area contributed by atoms with Gasteiger partial charge in [0.25, 0.3) is 10.2 Å². The highest BCUT2D eigenvalue weighted by atomic mass is 32.2. The van der Waals surface area contributed by atoms with Crippen LogP contribution >= 0.6 is 0 Å². The van der Waals surface area contributed by atoms with Gasteiger partial charge in [-0.3, -0.25) is 0 Å². The number of nitrogens with zero attached hydrogens (tertiary/aromatic N) is 1. The molecule has 1 aliphatic carbocycles. The fraction of sp³-hybridized carbons (Fsp3) is 1.00. The highest BCUT2D eigenvalue weighted by Crippen LogP contribution is 2.22. The van der Waals surface area contributed by atoms with Gasteiger partial charge in [0.15, 0.2) is 0 Å². The quantitative estimate of drug-likeness (QED) is 0.689. The third-order valence-corrected chi connectivity index (χ3v) is 5.18. The van der Waals surface area contributed by atoms with Crippen molar-refractivity contribution in [2.24, 2.45) is 0 Å². The molecule has 2 N–H and O–H groups in total. The molecule has 0 aliphatic heterocycles. The number of rotatable bonds is 7. The Labute approximate surface area is 111 Å². The molecule has 0 aromatic heterocycles. The van der Waals surface area contributed by atoms with Crippen molar-refractivity contribution >= 4 is 10.2 Å². The second kappa shape index (κ2) is 7.43. The minimum absolute atomic E-state index is 0.146. The second-order valence-corrected chi connectivity index (χ2v) is 7.01. The average molecular weight is 278 g/mol. The molecule has 1 unspecified atom stereocenters. The lowest BCUT2D eigenvalue weighted by molar-refractivity contribution is 0.182. The minimum Gasteiger partial charge on any atom is -0.393 e. The SMILES string of the molecule is CC(O)CCCNS(=O)(=O)N(C)C1CCCCC1. The van der Waals surface area contributed by atoms with Gasteiger partial charge in [0.05, 0.1) is 6.10 Å². The molecule has 0 aromatic carbocycles. The first-order valence-electron chi connectivity index (χ1n) is 6.84. The van der Waals surface area contributed by atoms with Crippen molar-refractivity contribution in [3.05, 3.63) is 0 Å². The van der Waals surface area contributed by atoms with Gasteiger partial charge in [-0.2, -0.15) is 12.7 Å². The largest absolute Gasteiger partial charge is 0.393 e. The maximum Gasteiger partial charge on any atom is 0.279 e. The van der Waals surface area contributed by atoms with E-state index in [0.717, 1.165) is 25.7 Å². The van der Waals surface area contributed by atoms with Crippen molar-refractivity contribution in [3.8, 4) is 0 Å². The predicted molar refractivity (Wildman–Crippen MR) is 72.5 cm³/mol. The van der Waals surface area contributed by atoms with E-state index in [2.05, 4.69) is 4.72 Å². The Bertz CT molecular complexity index is 324. The van der Waals surface area contributed by atoms with Crippen molar-refractivity contribution < 1.29 is 13.5 Å². The fourth-order valence-corrected chi connectivity index (χ4v) is 3.55. The number of aliphatic hydroxyl groups excluding tert-OH is 1. The smallest absolute Gasteiger partial charge is 0.279 e. The van der Waals surface area contributed by atoms with Crippen molar-refractivity contribution in [2.75, 3.05) is 13.6 Å². The molecule has 0 heterocycles. The van der Waals surface area contributed by atoms with E-state index in [0.29, 0.717) is 19.4 Å². The van der Waals surface area contributed by atoms with Crippen LogP contribution < -0.4 is 4.72 Å². The fourth-order valence-electron chi connectivity index (χ4n) is 2.34. The topological polar surface area (TPSA) is 69.6 Å². The van der Waals surface area contributed by atoms with Crippen LogP contribution in [0.3, 0.4) is 0 Å². The van der Waals surface area contributed by atoms with Crippen LogP contribution in [-0.4, -0.2) is 43.6 Å². The van der Waals surface area contributed by atoms with Crippen molar-refractivity contribution in [1.82, 2.24) is 9.03 Å². The number of hydrogen-bond acceptors (Lipinski definition) is 3. The summed E-state index contributed by atoms with van der Waals surface area (Å²) in [6, 6.07) is 0.146. The van der Waals surface area contributed by atoms with Gasteiger partial charge in [-0.1, -0.05) is 19.3 Å². The zero-order valence-corrected chi connectivity index (χ0v) is 12.2. The Morgan fingerprint density at radius 2 is 1.94 bits per heavy atom. The summed E-state index contributed by atoms with van der Waals surface area (Å²) >= 11 is 0. The third kappa shape index (κ3) is 5.22. The van der Waals surface area contributed by atoms with Crippen LogP contribution in [0.15, 0.2) is 0 Å². The minimum atomic E-state index is -3.36. The molecule has 0 bridgehead atoms. The van der Waals surface area contributed by atoms with Gasteiger partial charge >= 0.3 is 0 Å². The summed E-state index contributed by atoms with van der Waals surface area (Å²) in [7, 11) is -1.70. The standard InChI is InChI=1S/C12H26N2O3S/c1-11(15)7-6-10-13-18(16,17)14(2)12-8-4-3-5-9-12/h11-13,15H,3-10H2,1-2H3. The van der Waals surface area contributed by atoms with Gasteiger partial charge in [0.1, 0.15) is 0 Å². The highest BCUT2D eigenvalue weighted by molar-refractivity contribution is 7.87. The number of hydrogen-bond donors (Lipinski definition) is 2. The van der Waals surface area contributed by atoms with E-state index in [9.17, 15) is 8.42 Å². The second-order valence-electron chi connectivity index (χ2n) is 5.20. The summed E-state index contributed by atoms with van der Waals surface area (Å²) in [6.45, 7) is 2.10. The molecule has 0 saturated heterocycles. The van der Waals surface area contributed by atoms with Gasteiger partial charge in [-0.15, -0.1) is 0 Å². The molecule has 5 nitrogen and oxygen atoms in total. The van der Waals surface area contributed by atoms with Crippen LogP contribution in [0.4, 0.5) is 0 Å². The van der Waals surface area contributed by atoms with E-state index in [1.165, 1.54) is 10.7 Å². The van der Waals surface area contributed by atoms with Crippen LogP contribution in [0.25, 0.3) is 0 Å². The number of nitrogens with one attached hydrogen (secondary N) is 1. The van der Waals surface area contributed by atoms with Gasteiger partial charge in [0.2, 0.25) is 0 Å². The van der Waals surface area contributed by atoms with Gasteiger partial charge in [-0.25, -0.2) is 4.72 Å². The number of aliphatic hydroxyl groups is 1. The van der Waals surface area contributed by atoms with Crippen LogP contribution in [-0.2, 0) is 10.2 Å².